The highest BCUT2D eigenvalue weighted by atomic mass is 35.5. The first-order valence-corrected chi connectivity index (χ1v) is 8.16. The standard InChI is InChI=1S/C18H19ClN2O3/c1-23-17-3-2-13(9-15(17)19)18(22)21-16-11-24-10-14(16)8-12-4-6-20-7-5-12/h2-7,9,14,16H,8,10-11H2,1H3,(H,21,22)/t14-,16+/m1/s1. The first kappa shape index (κ1) is 16.7. The number of carbonyl (C=O) groups excluding carboxylic acids is 1. The highest BCUT2D eigenvalue weighted by Crippen LogP contribution is 2.25. The largest absolute Gasteiger partial charge is 0.495 e. The Morgan fingerprint density at radius 2 is 2.12 bits per heavy atom. The van der Waals surface area contributed by atoms with Gasteiger partial charge in [-0.25, -0.2) is 0 Å². The maximum absolute atomic E-state index is 12.5. The van der Waals surface area contributed by atoms with E-state index in [1.54, 1.807) is 37.7 Å². The van der Waals surface area contributed by atoms with Crippen LogP contribution in [0.3, 0.4) is 0 Å². The van der Waals surface area contributed by atoms with Crippen LogP contribution in [-0.2, 0) is 11.2 Å². The van der Waals surface area contributed by atoms with Gasteiger partial charge in [0.2, 0.25) is 0 Å². The fraction of sp³-hybridized carbons (Fsp3) is 0.333. The zero-order valence-corrected chi connectivity index (χ0v) is 14.1. The van der Waals surface area contributed by atoms with Gasteiger partial charge in [0.25, 0.3) is 5.91 Å². The van der Waals surface area contributed by atoms with E-state index in [1.807, 2.05) is 12.1 Å². The van der Waals surface area contributed by atoms with Gasteiger partial charge in [-0.2, -0.15) is 0 Å². The summed E-state index contributed by atoms with van der Waals surface area (Å²) in [5.74, 6) is 0.632. The third-order valence-electron chi connectivity index (χ3n) is 4.18. The number of carbonyl (C=O) groups is 1. The SMILES string of the molecule is COc1ccc(C(=O)N[C@H]2COC[C@H]2Cc2ccncc2)cc1Cl. The van der Waals surface area contributed by atoms with Crippen LogP contribution in [0.5, 0.6) is 5.75 Å². The van der Waals surface area contributed by atoms with Crippen molar-refractivity contribution in [1.29, 1.82) is 0 Å². The maximum atomic E-state index is 12.5. The fourth-order valence-electron chi connectivity index (χ4n) is 2.84. The smallest absolute Gasteiger partial charge is 0.251 e. The summed E-state index contributed by atoms with van der Waals surface area (Å²) in [4.78, 5) is 16.5. The van der Waals surface area contributed by atoms with E-state index in [1.165, 1.54) is 5.56 Å². The average Bonchev–Trinajstić information content (AvgIpc) is 3.02. The minimum atomic E-state index is -0.158. The highest BCUT2D eigenvalue weighted by molar-refractivity contribution is 6.32. The number of ether oxygens (including phenoxy) is 2. The van der Waals surface area contributed by atoms with Crippen LogP contribution in [0.15, 0.2) is 42.7 Å². The van der Waals surface area contributed by atoms with Crippen molar-refractivity contribution >= 4 is 17.5 Å². The predicted octanol–water partition coefficient (Wildman–Crippen LogP) is 2.73. The summed E-state index contributed by atoms with van der Waals surface area (Å²) < 4.78 is 10.7. The molecular formula is C18H19ClN2O3. The van der Waals surface area contributed by atoms with Gasteiger partial charge in [-0.05, 0) is 42.3 Å². The van der Waals surface area contributed by atoms with E-state index in [0.717, 1.165) is 6.42 Å². The molecule has 0 aliphatic carbocycles. The average molecular weight is 347 g/mol. The van der Waals surface area contributed by atoms with Crippen LogP contribution in [-0.4, -0.2) is 37.3 Å². The summed E-state index contributed by atoms with van der Waals surface area (Å²) in [6, 6.07) is 8.96. The second kappa shape index (κ2) is 7.64. The van der Waals surface area contributed by atoms with Crippen molar-refractivity contribution in [2.75, 3.05) is 20.3 Å². The number of amides is 1. The number of aromatic nitrogens is 1. The minimum Gasteiger partial charge on any atom is -0.495 e. The number of nitrogens with zero attached hydrogens (tertiary/aromatic N) is 1. The number of halogens is 1. The molecule has 24 heavy (non-hydrogen) atoms. The molecule has 1 aromatic heterocycles. The summed E-state index contributed by atoms with van der Waals surface area (Å²) in [7, 11) is 1.54. The van der Waals surface area contributed by atoms with Gasteiger partial charge in [0.15, 0.2) is 0 Å². The van der Waals surface area contributed by atoms with Gasteiger partial charge < -0.3 is 14.8 Å². The Balaban J connectivity index is 1.65. The molecule has 0 saturated carbocycles. The molecule has 1 fully saturated rings. The normalized spacial score (nSPS) is 19.9. The van der Waals surface area contributed by atoms with Crippen molar-refractivity contribution in [1.82, 2.24) is 10.3 Å². The van der Waals surface area contributed by atoms with Crippen molar-refractivity contribution in [2.45, 2.75) is 12.5 Å². The molecule has 0 bridgehead atoms. The Hall–Kier alpha value is -2.11. The van der Waals surface area contributed by atoms with Gasteiger partial charge in [-0.3, -0.25) is 9.78 Å². The molecular weight excluding hydrogens is 328 g/mol. The Morgan fingerprint density at radius 1 is 1.33 bits per heavy atom. The van der Waals surface area contributed by atoms with Gasteiger partial charge in [-0.1, -0.05) is 11.6 Å². The molecule has 1 aromatic carbocycles. The molecule has 5 nitrogen and oxygen atoms in total. The van der Waals surface area contributed by atoms with Gasteiger partial charge in [0.1, 0.15) is 5.75 Å². The van der Waals surface area contributed by atoms with Crippen LogP contribution in [0.2, 0.25) is 5.02 Å². The maximum Gasteiger partial charge on any atom is 0.251 e. The summed E-state index contributed by atoms with van der Waals surface area (Å²) in [5, 5.41) is 3.47. The molecule has 0 radical (unpaired) electrons. The van der Waals surface area contributed by atoms with E-state index < -0.39 is 0 Å². The quantitative estimate of drug-likeness (QED) is 0.904. The van der Waals surface area contributed by atoms with E-state index in [4.69, 9.17) is 21.1 Å². The minimum absolute atomic E-state index is 0.0217. The Kier molecular flexibility index (Phi) is 5.33. The molecule has 1 N–H and O–H groups in total. The lowest BCUT2D eigenvalue weighted by molar-refractivity contribution is 0.0925. The molecule has 1 saturated heterocycles. The molecule has 1 aliphatic rings. The second-order valence-corrected chi connectivity index (χ2v) is 6.19. The number of hydrogen-bond donors (Lipinski definition) is 1. The van der Waals surface area contributed by atoms with Crippen LogP contribution >= 0.6 is 11.6 Å². The number of methoxy groups -OCH3 is 1. The van der Waals surface area contributed by atoms with Crippen LogP contribution in [0.25, 0.3) is 0 Å². The first-order chi connectivity index (χ1) is 11.7. The Bertz CT molecular complexity index is 709. The lowest BCUT2D eigenvalue weighted by Gasteiger charge is -2.19. The number of pyridine rings is 1. The van der Waals surface area contributed by atoms with Crippen molar-refractivity contribution in [3.05, 3.63) is 58.9 Å². The third-order valence-corrected chi connectivity index (χ3v) is 4.47. The first-order valence-electron chi connectivity index (χ1n) is 7.78. The Morgan fingerprint density at radius 3 is 2.83 bits per heavy atom. The third kappa shape index (κ3) is 3.86. The lowest BCUT2D eigenvalue weighted by atomic mass is 9.95. The molecule has 6 heteroatoms. The fourth-order valence-corrected chi connectivity index (χ4v) is 3.10. The second-order valence-electron chi connectivity index (χ2n) is 5.79. The Labute approximate surface area is 145 Å². The van der Waals surface area contributed by atoms with Crippen molar-refractivity contribution in [3.63, 3.8) is 0 Å². The van der Waals surface area contributed by atoms with E-state index in [-0.39, 0.29) is 17.9 Å². The van der Waals surface area contributed by atoms with E-state index in [9.17, 15) is 4.79 Å². The van der Waals surface area contributed by atoms with E-state index >= 15 is 0 Å². The molecule has 2 aromatic rings. The summed E-state index contributed by atoms with van der Waals surface area (Å²) in [6.07, 6.45) is 4.40. The van der Waals surface area contributed by atoms with Gasteiger partial charge in [0.05, 0.1) is 31.4 Å². The summed E-state index contributed by atoms with van der Waals surface area (Å²) in [5.41, 5.74) is 1.70. The molecule has 1 aliphatic heterocycles. The molecule has 2 heterocycles. The van der Waals surface area contributed by atoms with Crippen LogP contribution < -0.4 is 10.1 Å². The molecule has 2 atom stereocenters. The number of rotatable bonds is 5. The van der Waals surface area contributed by atoms with Crippen molar-refractivity contribution in [3.8, 4) is 5.75 Å². The van der Waals surface area contributed by atoms with Gasteiger partial charge in [-0.15, -0.1) is 0 Å². The monoisotopic (exact) mass is 346 g/mol. The molecule has 3 rings (SSSR count). The lowest BCUT2D eigenvalue weighted by Crippen LogP contribution is -2.40. The molecule has 0 unspecified atom stereocenters. The van der Waals surface area contributed by atoms with E-state index in [0.29, 0.717) is 29.5 Å². The molecule has 1 amide bonds. The van der Waals surface area contributed by atoms with Gasteiger partial charge in [0, 0.05) is 23.9 Å². The zero-order chi connectivity index (χ0) is 16.9. The summed E-state index contributed by atoms with van der Waals surface area (Å²) in [6.45, 7) is 1.15. The van der Waals surface area contributed by atoms with Crippen LogP contribution in [0.4, 0.5) is 0 Å². The number of hydrogen-bond acceptors (Lipinski definition) is 4. The van der Waals surface area contributed by atoms with Crippen molar-refractivity contribution in [2.24, 2.45) is 5.92 Å². The zero-order valence-electron chi connectivity index (χ0n) is 13.4. The number of nitrogens with one attached hydrogen (secondary N) is 1. The number of benzene rings is 1. The van der Waals surface area contributed by atoms with Crippen LogP contribution in [0.1, 0.15) is 15.9 Å². The molecule has 126 valence electrons. The van der Waals surface area contributed by atoms with Crippen LogP contribution in [0, 0.1) is 5.92 Å². The van der Waals surface area contributed by atoms with E-state index in [2.05, 4.69) is 10.3 Å². The topological polar surface area (TPSA) is 60.5 Å². The predicted molar refractivity (Wildman–Crippen MR) is 91.5 cm³/mol. The van der Waals surface area contributed by atoms with Gasteiger partial charge >= 0.3 is 0 Å². The molecule has 0 spiro atoms. The van der Waals surface area contributed by atoms with Crippen molar-refractivity contribution < 1.29 is 14.3 Å². The summed E-state index contributed by atoms with van der Waals surface area (Å²) >= 11 is 6.09. The highest BCUT2D eigenvalue weighted by Gasteiger charge is 2.30.